The Hall–Kier alpha value is -4.91. The van der Waals surface area contributed by atoms with Crippen molar-refractivity contribution < 1.29 is 19.1 Å². The number of ether oxygens (including phenoxy) is 2. The lowest BCUT2D eigenvalue weighted by Crippen LogP contribution is -2.35. The summed E-state index contributed by atoms with van der Waals surface area (Å²) in [7, 11) is 3.17. The fourth-order valence-corrected chi connectivity index (χ4v) is 4.73. The highest BCUT2D eigenvalue weighted by molar-refractivity contribution is 6.04. The number of nitriles is 1. The number of piperidine rings is 1. The smallest absolute Gasteiger partial charge is 0.258 e. The highest BCUT2D eigenvalue weighted by Gasteiger charge is 2.22. The first-order chi connectivity index (χ1) is 19.0. The summed E-state index contributed by atoms with van der Waals surface area (Å²) in [5.74, 6) is 1.03. The number of aromatic nitrogens is 3. The number of hydrogen-bond donors (Lipinski definition) is 1. The minimum Gasteiger partial charge on any atom is -0.497 e. The number of carbonyl (C=O) groups excluding carboxylic acids is 2. The molecule has 0 spiro atoms. The van der Waals surface area contributed by atoms with Crippen molar-refractivity contribution in [3.8, 4) is 17.6 Å². The summed E-state index contributed by atoms with van der Waals surface area (Å²) < 4.78 is 12.7. The Morgan fingerprint density at radius 1 is 1.03 bits per heavy atom. The Morgan fingerprint density at radius 2 is 1.85 bits per heavy atom. The predicted molar refractivity (Wildman–Crippen MR) is 145 cm³/mol. The molecule has 10 nitrogen and oxygen atoms in total. The summed E-state index contributed by atoms with van der Waals surface area (Å²) in [5, 5.41) is 12.1. The third-order valence-electron chi connectivity index (χ3n) is 6.77. The van der Waals surface area contributed by atoms with Crippen LogP contribution in [0.4, 0.5) is 5.95 Å². The fraction of sp³-hybridized carbons (Fsp3) is 0.276. The average molecular weight is 525 g/mol. The number of imidazole rings is 1. The fourth-order valence-electron chi connectivity index (χ4n) is 4.73. The summed E-state index contributed by atoms with van der Waals surface area (Å²) in [4.78, 5) is 37.4. The zero-order chi connectivity index (χ0) is 27.4. The molecule has 0 saturated carbocycles. The van der Waals surface area contributed by atoms with Crippen LogP contribution in [-0.4, -0.2) is 58.6 Å². The summed E-state index contributed by atoms with van der Waals surface area (Å²) in [6, 6.07) is 15.6. The Balaban J connectivity index is 1.56. The molecule has 39 heavy (non-hydrogen) atoms. The van der Waals surface area contributed by atoms with Gasteiger partial charge in [0.15, 0.2) is 5.65 Å². The molecule has 2 aromatic heterocycles. The number of methoxy groups -OCH3 is 2. The molecule has 2 amide bonds. The van der Waals surface area contributed by atoms with Gasteiger partial charge < -0.3 is 14.4 Å². The van der Waals surface area contributed by atoms with Crippen molar-refractivity contribution >= 4 is 28.9 Å². The van der Waals surface area contributed by atoms with Crippen molar-refractivity contribution in [2.45, 2.75) is 25.8 Å². The maximum atomic E-state index is 13.2. The van der Waals surface area contributed by atoms with E-state index in [2.05, 4.69) is 15.3 Å². The van der Waals surface area contributed by atoms with Gasteiger partial charge in [0.1, 0.15) is 17.0 Å². The first-order valence-corrected chi connectivity index (χ1v) is 12.7. The number of nitrogens with zero attached hydrogens (tertiary/aromatic N) is 5. The van der Waals surface area contributed by atoms with Crippen LogP contribution in [0.25, 0.3) is 11.2 Å². The minimum absolute atomic E-state index is 0.0768. The Labute approximate surface area is 225 Å². The van der Waals surface area contributed by atoms with Crippen molar-refractivity contribution in [2.75, 3.05) is 32.6 Å². The molecule has 1 saturated heterocycles. The highest BCUT2D eigenvalue weighted by Crippen LogP contribution is 2.28. The van der Waals surface area contributed by atoms with E-state index in [0.717, 1.165) is 37.9 Å². The lowest BCUT2D eigenvalue weighted by molar-refractivity contribution is 0.0724. The van der Waals surface area contributed by atoms with E-state index >= 15 is 0 Å². The Kier molecular flexibility index (Phi) is 7.41. The SMILES string of the molecule is COc1ccc(OC)c(Cn2c(NC(=O)c3cccc(C#N)c3)nc3cc(C(=O)N4CCCCC4)cnc32)c1. The van der Waals surface area contributed by atoms with Gasteiger partial charge >= 0.3 is 0 Å². The van der Waals surface area contributed by atoms with E-state index in [1.807, 2.05) is 23.1 Å². The maximum absolute atomic E-state index is 13.2. The number of fused-ring (bicyclic) bond motifs is 1. The van der Waals surface area contributed by atoms with Gasteiger partial charge in [-0.1, -0.05) is 6.07 Å². The molecule has 1 fully saturated rings. The summed E-state index contributed by atoms with van der Waals surface area (Å²) in [6.07, 6.45) is 4.66. The van der Waals surface area contributed by atoms with Crippen LogP contribution in [0.15, 0.2) is 54.7 Å². The van der Waals surface area contributed by atoms with Crippen LogP contribution in [0.3, 0.4) is 0 Å². The lowest BCUT2D eigenvalue weighted by Gasteiger charge is -2.26. The standard InChI is InChI=1S/C29H28N6O4/c1-38-23-9-10-25(39-2)22(14-23)18-35-26-24(15-21(17-31-26)28(37)34-11-4-3-5-12-34)32-29(35)33-27(36)20-8-6-7-19(13-20)16-30/h6-10,13-15,17H,3-5,11-12,18H2,1-2H3,(H,32,33,36). The van der Waals surface area contributed by atoms with Crippen LogP contribution in [0.5, 0.6) is 11.5 Å². The molecule has 2 aromatic carbocycles. The van der Waals surface area contributed by atoms with E-state index in [1.54, 1.807) is 55.3 Å². The van der Waals surface area contributed by atoms with Crippen LogP contribution in [0, 0.1) is 11.3 Å². The quantitative estimate of drug-likeness (QED) is 0.384. The highest BCUT2D eigenvalue weighted by atomic mass is 16.5. The van der Waals surface area contributed by atoms with E-state index in [4.69, 9.17) is 9.47 Å². The van der Waals surface area contributed by atoms with Gasteiger partial charge in [-0.25, -0.2) is 9.97 Å². The molecular formula is C29H28N6O4. The second-order valence-corrected chi connectivity index (χ2v) is 9.27. The van der Waals surface area contributed by atoms with E-state index in [9.17, 15) is 14.9 Å². The summed E-state index contributed by atoms with van der Waals surface area (Å²) in [5.41, 5.74) is 2.90. The molecule has 1 N–H and O–H groups in total. The summed E-state index contributed by atoms with van der Waals surface area (Å²) in [6.45, 7) is 1.71. The van der Waals surface area contributed by atoms with Crippen molar-refractivity contribution in [3.63, 3.8) is 0 Å². The molecule has 5 rings (SSSR count). The number of hydrogen-bond acceptors (Lipinski definition) is 7. The molecule has 0 atom stereocenters. The number of rotatable bonds is 7. The normalized spacial score (nSPS) is 13.1. The average Bonchev–Trinajstić information content (AvgIpc) is 3.32. The third-order valence-corrected chi connectivity index (χ3v) is 6.77. The zero-order valence-corrected chi connectivity index (χ0v) is 21.8. The monoisotopic (exact) mass is 524 g/mol. The van der Waals surface area contributed by atoms with Crippen molar-refractivity contribution in [1.29, 1.82) is 5.26 Å². The van der Waals surface area contributed by atoms with Gasteiger partial charge in [0.25, 0.3) is 11.8 Å². The number of amides is 2. The van der Waals surface area contributed by atoms with Crippen LogP contribution >= 0.6 is 0 Å². The number of nitrogens with one attached hydrogen (secondary N) is 1. The van der Waals surface area contributed by atoms with E-state index in [-0.39, 0.29) is 18.4 Å². The summed E-state index contributed by atoms with van der Waals surface area (Å²) >= 11 is 0. The van der Waals surface area contributed by atoms with Crippen LogP contribution < -0.4 is 14.8 Å². The molecule has 198 valence electrons. The molecule has 0 unspecified atom stereocenters. The van der Waals surface area contributed by atoms with E-state index in [1.165, 1.54) is 6.07 Å². The molecule has 0 aliphatic carbocycles. The second-order valence-electron chi connectivity index (χ2n) is 9.27. The first kappa shape index (κ1) is 25.7. The maximum Gasteiger partial charge on any atom is 0.258 e. The largest absolute Gasteiger partial charge is 0.497 e. The number of anilines is 1. The van der Waals surface area contributed by atoms with Crippen molar-refractivity contribution in [2.24, 2.45) is 0 Å². The number of likely N-dealkylation sites (tertiary alicyclic amines) is 1. The minimum atomic E-state index is -0.425. The van der Waals surface area contributed by atoms with Crippen molar-refractivity contribution in [1.82, 2.24) is 19.4 Å². The predicted octanol–water partition coefficient (Wildman–Crippen LogP) is 4.25. The van der Waals surface area contributed by atoms with Gasteiger partial charge in [-0.05, 0) is 61.7 Å². The Bertz CT molecular complexity index is 1580. The molecular weight excluding hydrogens is 496 g/mol. The number of pyridine rings is 1. The van der Waals surface area contributed by atoms with Gasteiger partial charge in [-0.2, -0.15) is 5.26 Å². The number of carbonyl (C=O) groups is 2. The van der Waals surface area contributed by atoms with E-state index in [0.29, 0.717) is 39.4 Å². The van der Waals surface area contributed by atoms with E-state index < -0.39 is 5.91 Å². The van der Waals surface area contributed by atoms with Gasteiger partial charge in [-0.3, -0.25) is 19.5 Å². The lowest BCUT2D eigenvalue weighted by atomic mass is 10.1. The zero-order valence-electron chi connectivity index (χ0n) is 21.8. The van der Waals surface area contributed by atoms with Gasteiger partial charge in [-0.15, -0.1) is 0 Å². The van der Waals surface area contributed by atoms with Crippen LogP contribution in [-0.2, 0) is 6.54 Å². The van der Waals surface area contributed by atoms with Gasteiger partial charge in [0, 0.05) is 30.4 Å². The molecule has 10 heteroatoms. The third kappa shape index (κ3) is 5.38. The van der Waals surface area contributed by atoms with Crippen LogP contribution in [0.1, 0.15) is 51.1 Å². The second kappa shape index (κ2) is 11.2. The molecule has 1 aliphatic heterocycles. The first-order valence-electron chi connectivity index (χ1n) is 12.7. The molecule has 0 radical (unpaired) electrons. The number of benzene rings is 2. The molecule has 3 heterocycles. The molecule has 1 aliphatic rings. The molecule has 0 bridgehead atoms. The van der Waals surface area contributed by atoms with Crippen molar-refractivity contribution in [3.05, 3.63) is 77.0 Å². The van der Waals surface area contributed by atoms with Crippen LogP contribution in [0.2, 0.25) is 0 Å². The molecule has 4 aromatic rings. The topological polar surface area (TPSA) is 122 Å². The Morgan fingerprint density at radius 3 is 2.59 bits per heavy atom. The van der Waals surface area contributed by atoms with Gasteiger partial charge in [0.2, 0.25) is 5.95 Å². The van der Waals surface area contributed by atoms with Gasteiger partial charge in [0.05, 0.1) is 38.0 Å².